The lowest BCUT2D eigenvalue weighted by Gasteiger charge is -2.11. The summed E-state index contributed by atoms with van der Waals surface area (Å²) in [7, 11) is 0. The molecule has 2 N–H and O–H groups in total. The number of anilines is 1. The molecule has 0 heterocycles. The van der Waals surface area contributed by atoms with Gasteiger partial charge in [0.25, 0.3) is 0 Å². The Morgan fingerprint density at radius 2 is 1.75 bits per heavy atom. The average molecular weight is 328 g/mol. The molecule has 0 aliphatic carbocycles. The molecule has 106 valence electrons. The summed E-state index contributed by atoms with van der Waals surface area (Å²) in [6.07, 6.45) is 0. The van der Waals surface area contributed by atoms with E-state index in [2.05, 4.69) is 6.07 Å². The van der Waals surface area contributed by atoms with Crippen molar-refractivity contribution in [2.45, 2.75) is 11.8 Å². The third-order valence-electron chi connectivity index (χ3n) is 2.83. The van der Waals surface area contributed by atoms with Gasteiger partial charge in [-0.05, 0) is 36.8 Å². The summed E-state index contributed by atoms with van der Waals surface area (Å²) in [6, 6.07) is 11.2. The van der Waals surface area contributed by atoms with Crippen LogP contribution in [-0.4, -0.2) is 12.4 Å². The van der Waals surface area contributed by atoms with Gasteiger partial charge in [0, 0.05) is 16.3 Å². The molecule has 2 aromatic rings. The Balaban J connectivity index is 1.89. The average Bonchev–Trinajstić information content (AvgIpc) is 2.42. The zero-order chi connectivity index (χ0) is 14.5. The number of thioether (sulfide) groups is 1. The fourth-order valence-electron chi connectivity index (χ4n) is 1.70. The molecule has 0 saturated carbocycles. The van der Waals surface area contributed by atoms with E-state index in [1.807, 2.05) is 19.1 Å². The van der Waals surface area contributed by atoms with Crippen LogP contribution in [0.25, 0.3) is 0 Å². The van der Waals surface area contributed by atoms with Gasteiger partial charge in [0.15, 0.2) is 5.75 Å². The van der Waals surface area contributed by atoms with Crippen LogP contribution in [0.3, 0.4) is 0 Å². The molecule has 0 aliphatic rings. The number of halogens is 2. The third kappa shape index (κ3) is 3.75. The van der Waals surface area contributed by atoms with Crippen LogP contribution < -0.4 is 10.5 Å². The Bertz CT molecular complexity index is 584. The lowest BCUT2D eigenvalue weighted by molar-refractivity contribution is 0.344. The summed E-state index contributed by atoms with van der Waals surface area (Å²) in [5.74, 6) is 1.34. The van der Waals surface area contributed by atoms with Crippen LogP contribution in [0, 0.1) is 6.92 Å². The largest absolute Gasteiger partial charge is 0.490 e. The van der Waals surface area contributed by atoms with E-state index in [4.69, 9.17) is 33.7 Å². The Labute approximate surface area is 133 Å². The van der Waals surface area contributed by atoms with E-state index in [0.29, 0.717) is 22.4 Å². The minimum atomic E-state index is 0.530. The summed E-state index contributed by atoms with van der Waals surface area (Å²) in [6.45, 7) is 2.55. The minimum absolute atomic E-state index is 0.530. The van der Waals surface area contributed by atoms with Crippen LogP contribution in [0.15, 0.2) is 41.3 Å². The predicted molar refractivity (Wildman–Crippen MR) is 88.3 cm³/mol. The predicted octanol–water partition coefficient (Wildman–Crippen LogP) is 5.06. The molecule has 0 aliphatic heterocycles. The molecule has 0 bridgehead atoms. The zero-order valence-corrected chi connectivity index (χ0v) is 13.4. The summed E-state index contributed by atoms with van der Waals surface area (Å²) in [5, 5.41) is 1.06. The fourth-order valence-corrected chi connectivity index (χ4v) is 3.11. The van der Waals surface area contributed by atoms with Crippen LogP contribution in [0.5, 0.6) is 5.75 Å². The van der Waals surface area contributed by atoms with Gasteiger partial charge in [0.2, 0.25) is 0 Å². The van der Waals surface area contributed by atoms with Crippen molar-refractivity contribution < 1.29 is 4.74 Å². The molecule has 2 nitrogen and oxygen atoms in total. The molecular weight excluding hydrogens is 313 g/mol. The topological polar surface area (TPSA) is 35.2 Å². The quantitative estimate of drug-likeness (QED) is 0.474. The highest BCUT2D eigenvalue weighted by Crippen LogP contribution is 2.33. The van der Waals surface area contributed by atoms with Crippen molar-refractivity contribution in [2.24, 2.45) is 0 Å². The van der Waals surface area contributed by atoms with Crippen LogP contribution >= 0.6 is 35.0 Å². The number of hydrogen-bond donors (Lipinski definition) is 1. The second kappa shape index (κ2) is 7.11. The number of benzene rings is 2. The lowest BCUT2D eigenvalue weighted by Crippen LogP contribution is -2.01. The summed E-state index contributed by atoms with van der Waals surface area (Å²) < 4.78 is 5.64. The van der Waals surface area contributed by atoms with Crippen molar-refractivity contribution >= 4 is 40.7 Å². The maximum atomic E-state index is 6.04. The molecule has 0 aromatic heterocycles. The number of hydrogen-bond acceptors (Lipinski definition) is 3. The Morgan fingerprint density at radius 3 is 2.45 bits per heavy atom. The monoisotopic (exact) mass is 327 g/mol. The third-order valence-corrected chi connectivity index (χ3v) is 4.55. The van der Waals surface area contributed by atoms with E-state index in [9.17, 15) is 0 Å². The molecule has 0 saturated heterocycles. The second-order valence-corrected chi connectivity index (χ2v) is 6.17. The van der Waals surface area contributed by atoms with Crippen molar-refractivity contribution in [1.82, 2.24) is 0 Å². The standard InChI is InChI=1S/C15H15Cl2NOS/c1-10-13(18)6-3-7-14(10)20-9-8-19-15-11(16)4-2-5-12(15)17/h2-7H,8-9,18H2,1H3. The molecule has 0 spiro atoms. The number of nitrogens with two attached hydrogens (primary N) is 1. The normalized spacial score (nSPS) is 10.6. The van der Waals surface area contributed by atoms with Crippen molar-refractivity contribution in [1.29, 1.82) is 0 Å². The van der Waals surface area contributed by atoms with E-state index in [1.165, 1.54) is 4.90 Å². The van der Waals surface area contributed by atoms with Gasteiger partial charge in [-0.15, -0.1) is 11.8 Å². The highest BCUT2D eigenvalue weighted by atomic mass is 35.5. The van der Waals surface area contributed by atoms with Gasteiger partial charge in [-0.2, -0.15) is 0 Å². The Morgan fingerprint density at radius 1 is 1.10 bits per heavy atom. The number of rotatable bonds is 5. The number of nitrogen functional groups attached to an aromatic ring is 1. The molecule has 0 amide bonds. The second-order valence-electron chi connectivity index (χ2n) is 4.22. The molecule has 5 heteroatoms. The first kappa shape index (κ1) is 15.4. The lowest BCUT2D eigenvalue weighted by atomic mass is 10.2. The highest BCUT2D eigenvalue weighted by Gasteiger charge is 2.07. The van der Waals surface area contributed by atoms with Gasteiger partial charge in [0.05, 0.1) is 16.7 Å². The van der Waals surface area contributed by atoms with Crippen molar-refractivity contribution in [2.75, 3.05) is 18.1 Å². The maximum Gasteiger partial charge on any atom is 0.156 e. The van der Waals surface area contributed by atoms with E-state index in [1.54, 1.807) is 30.0 Å². The van der Waals surface area contributed by atoms with Gasteiger partial charge < -0.3 is 10.5 Å². The first-order valence-electron chi connectivity index (χ1n) is 6.14. The molecule has 0 atom stereocenters. The molecule has 2 rings (SSSR count). The Hall–Kier alpha value is -1.03. The van der Waals surface area contributed by atoms with Gasteiger partial charge in [0.1, 0.15) is 0 Å². The highest BCUT2D eigenvalue weighted by molar-refractivity contribution is 7.99. The summed E-state index contributed by atoms with van der Waals surface area (Å²) in [4.78, 5) is 1.17. The zero-order valence-electron chi connectivity index (χ0n) is 11.0. The minimum Gasteiger partial charge on any atom is -0.490 e. The summed E-state index contributed by atoms with van der Waals surface area (Å²) in [5.41, 5.74) is 7.79. The van der Waals surface area contributed by atoms with E-state index in [-0.39, 0.29) is 0 Å². The van der Waals surface area contributed by atoms with E-state index in [0.717, 1.165) is 17.0 Å². The van der Waals surface area contributed by atoms with Crippen LogP contribution in [0.2, 0.25) is 10.0 Å². The maximum absolute atomic E-state index is 6.04. The van der Waals surface area contributed by atoms with Crippen LogP contribution in [-0.2, 0) is 0 Å². The molecule has 0 unspecified atom stereocenters. The molecule has 0 fully saturated rings. The van der Waals surface area contributed by atoms with E-state index < -0.39 is 0 Å². The Kier molecular flexibility index (Phi) is 5.46. The molecular formula is C15H15Cl2NOS. The van der Waals surface area contributed by atoms with E-state index >= 15 is 0 Å². The van der Waals surface area contributed by atoms with Crippen LogP contribution in [0.1, 0.15) is 5.56 Å². The van der Waals surface area contributed by atoms with Gasteiger partial charge >= 0.3 is 0 Å². The summed E-state index contributed by atoms with van der Waals surface area (Å²) >= 11 is 13.8. The SMILES string of the molecule is Cc1c(N)cccc1SCCOc1c(Cl)cccc1Cl. The van der Waals surface area contributed by atoms with Gasteiger partial charge in [-0.3, -0.25) is 0 Å². The molecule has 20 heavy (non-hydrogen) atoms. The fraction of sp³-hybridized carbons (Fsp3) is 0.200. The first-order chi connectivity index (χ1) is 9.59. The van der Waals surface area contributed by atoms with Crippen molar-refractivity contribution in [3.8, 4) is 5.75 Å². The van der Waals surface area contributed by atoms with Crippen LogP contribution in [0.4, 0.5) is 5.69 Å². The van der Waals surface area contributed by atoms with Gasteiger partial charge in [-0.25, -0.2) is 0 Å². The molecule has 0 radical (unpaired) electrons. The van der Waals surface area contributed by atoms with Crippen molar-refractivity contribution in [3.63, 3.8) is 0 Å². The van der Waals surface area contributed by atoms with Gasteiger partial charge in [-0.1, -0.05) is 35.3 Å². The smallest absolute Gasteiger partial charge is 0.156 e. The van der Waals surface area contributed by atoms with Crippen molar-refractivity contribution in [3.05, 3.63) is 52.0 Å². The molecule has 2 aromatic carbocycles. The number of para-hydroxylation sites is 1. The number of ether oxygens (including phenoxy) is 1. The first-order valence-corrected chi connectivity index (χ1v) is 7.88.